The van der Waals surface area contributed by atoms with Gasteiger partial charge in [0.2, 0.25) is 0 Å². The number of anilines is 1. The molecule has 0 saturated heterocycles. The molecule has 0 aliphatic carbocycles. The van der Waals surface area contributed by atoms with Gasteiger partial charge in [-0.25, -0.2) is 9.64 Å². The van der Waals surface area contributed by atoms with Gasteiger partial charge in [-0.3, -0.25) is 0 Å². The normalized spacial score (nSPS) is 11.7. The summed E-state index contributed by atoms with van der Waals surface area (Å²) in [5, 5.41) is 0. The third kappa shape index (κ3) is 5.88. The Bertz CT molecular complexity index is 914. The number of esters is 1. The first-order valence-electron chi connectivity index (χ1n) is 8.02. The monoisotopic (exact) mass is 416 g/mol. The molecule has 0 aliphatic rings. The number of nitrogens with zero attached hydrogens (tertiary/aromatic N) is 2. The molecule has 0 saturated carbocycles. The van der Waals surface area contributed by atoms with Gasteiger partial charge < -0.3 is 9.64 Å². The minimum Gasteiger partial charge on any atom is -0.465 e. The number of carbonyl (C=O) groups is 1. The van der Waals surface area contributed by atoms with Crippen LogP contribution >= 0.6 is 0 Å². The highest BCUT2D eigenvalue weighted by Gasteiger charge is 2.35. The summed E-state index contributed by atoms with van der Waals surface area (Å²) >= 11 is 0. The molecule has 0 aliphatic heterocycles. The molecule has 0 spiro atoms. The summed E-state index contributed by atoms with van der Waals surface area (Å²) in [6, 6.07) is 7.86. The van der Waals surface area contributed by atoms with E-state index in [9.17, 15) is 31.1 Å². The van der Waals surface area contributed by atoms with Crippen LogP contribution in [0.4, 0.5) is 37.7 Å². The lowest BCUT2D eigenvalue weighted by Crippen LogP contribution is -2.34. The van der Waals surface area contributed by atoms with E-state index in [0.717, 1.165) is 17.0 Å². The van der Waals surface area contributed by atoms with Gasteiger partial charge in [0.15, 0.2) is 5.69 Å². The zero-order chi connectivity index (χ0) is 21.8. The summed E-state index contributed by atoms with van der Waals surface area (Å²) in [5.41, 5.74) is -1.82. The lowest BCUT2D eigenvalue weighted by atomic mass is 10.1. The Morgan fingerprint density at radius 1 is 1.07 bits per heavy atom. The van der Waals surface area contributed by atoms with Crippen LogP contribution in [-0.4, -0.2) is 25.8 Å². The molecule has 2 aromatic carbocycles. The van der Waals surface area contributed by atoms with E-state index < -0.39 is 36.1 Å². The molecule has 2 aromatic rings. The van der Waals surface area contributed by atoms with Crippen LogP contribution in [0, 0.1) is 6.57 Å². The van der Waals surface area contributed by atoms with E-state index in [1.165, 1.54) is 31.4 Å². The fourth-order valence-corrected chi connectivity index (χ4v) is 2.58. The van der Waals surface area contributed by atoms with Crippen LogP contribution in [0.3, 0.4) is 0 Å². The van der Waals surface area contributed by atoms with Crippen LogP contribution in [0.15, 0.2) is 42.5 Å². The second-order valence-electron chi connectivity index (χ2n) is 5.97. The molecule has 0 atom stereocenters. The molecule has 0 amide bonds. The van der Waals surface area contributed by atoms with Crippen LogP contribution in [0.2, 0.25) is 0 Å². The molecule has 0 bridgehead atoms. The Balaban J connectivity index is 2.41. The molecular weight excluding hydrogens is 402 g/mol. The van der Waals surface area contributed by atoms with Gasteiger partial charge in [-0.2, -0.15) is 26.3 Å². The molecule has 10 heteroatoms. The lowest BCUT2D eigenvalue weighted by Gasteiger charge is -2.27. The van der Waals surface area contributed by atoms with Crippen molar-refractivity contribution in [3.63, 3.8) is 0 Å². The smallest absolute Gasteiger partial charge is 0.407 e. The van der Waals surface area contributed by atoms with Gasteiger partial charge in [-0.15, -0.1) is 0 Å². The predicted octanol–water partition coefficient (Wildman–Crippen LogP) is 5.61. The third-order valence-corrected chi connectivity index (χ3v) is 3.89. The van der Waals surface area contributed by atoms with Crippen molar-refractivity contribution < 1.29 is 35.9 Å². The molecule has 0 N–H and O–H groups in total. The van der Waals surface area contributed by atoms with Gasteiger partial charge in [-0.1, -0.05) is 18.2 Å². The number of halogens is 6. The summed E-state index contributed by atoms with van der Waals surface area (Å²) in [6.45, 7) is 4.97. The van der Waals surface area contributed by atoms with Crippen molar-refractivity contribution in [1.29, 1.82) is 0 Å². The molecule has 0 aromatic heterocycles. The Morgan fingerprint density at radius 3 is 2.17 bits per heavy atom. The summed E-state index contributed by atoms with van der Waals surface area (Å²) in [7, 11) is 1.17. The maximum atomic E-state index is 13.2. The van der Waals surface area contributed by atoms with Crippen molar-refractivity contribution in [2.45, 2.75) is 18.9 Å². The van der Waals surface area contributed by atoms with Crippen molar-refractivity contribution in [2.24, 2.45) is 0 Å². The van der Waals surface area contributed by atoms with E-state index in [2.05, 4.69) is 9.58 Å². The molecule has 29 heavy (non-hydrogen) atoms. The Hall–Kier alpha value is -3.22. The van der Waals surface area contributed by atoms with Crippen molar-refractivity contribution >= 4 is 17.3 Å². The van der Waals surface area contributed by atoms with Crippen LogP contribution in [0.1, 0.15) is 21.5 Å². The van der Waals surface area contributed by atoms with Gasteiger partial charge in [-0.05, 0) is 29.8 Å². The van der Waals surface area contributed by atoms with E-state index in [1.54, 1.807) is 0 Å². The fourth-order valence-electron chi connectivity index (χ4n) is 2.58. The standard InChI is InChI=1S/C19H14F6N2O2/c1-26-16-8-7-14(9-15(16)19(23,24)25)27(11-18(20,21)22)10-12-3-5-13(6-4-12)17(28)29-2/h3-9H,10-11H2,2H3. The Morgan fingerprint density at radius 2 is 1.69 bits per heavy atom. The van der Waals surface area contributed by atoms with E-state index in [-0.39, 0.29) is 17.8 Å². The van der Waals surface area contributed by atoms with Crippen LogP contribution in [0.5, 0.6) is 0 Å². The van der Waals surface area contributed by atoms with E-state index in [4.69, 9.17) is 6.57 Å². The number of hydrogen-bond donors (Lipinski definition) is 0. The van der Waals surface area contributed by atoms with E-state index >= 15 is 0 Å². The Labute approximate surface area is 162 Å². The van der Waals surface area contributed by atoms with E-state index in [0.29, 0.717) is 11.6 Å². The fraction of sp³-hybridized carbons (Fsp3) is 0.263. The first kappa shape index (κ1) is 22.1. The molecule has 4 nitrogen and oxygen atoms in total. The predicted molar refractivity (Wildman–Crippen MR) is 92.6 cm³/mol. The summed E-state index contributed by atoms with van der Waals surface area (Å²) in [5.74, 6) is -0.631. The molecule has 154 valence electrons. The minimum atomic E-state index is -4.89. The molecule has 0 radical (unpaired) electrons. The topological polar surface area (TPSA) is 33.9 Å². The largest absolute Gasteiger partial charge is 0.465 e. The third-order valence-electron chi connectivity index (χ3n) is 3.89. The van der Waals surface area contributed by atoms with Crippen LogP contribution in [-0.2, 0) is 17.5 Å². The van der Waals surface area contributed by atoms with Gasteiger partial charge >= 0.3 is 18.3 Å². The number of benzene rings is 2. The number of ether oxygens (including phenoxy) is 1. The molecule has 0 heterocycles. The first-order chi connectivity index (χ1) is 13.4. The number of alkyl halides is 6. The van der Waals surface area contributed by atoms with Gasteiger partial charge in [0, 0.05) is 12.2 Å². The number of methoxy groups -OCH3 is 1. The molecule has 2 rings (SSSR count). The highest BCUT2D eigenvalue weighted by atomic mass is 19.4. The van der Waals surface area contributed by atoms with Crippen molar-refractivity contribution in [2.75, 3.05) is 18.6 Å². The van der Waals surface area contributed by atoms with E-state index in [1.807, 2.05) is 0 Å². The van der Waals surface area contributed by atoms with Gasteiger partial charge in [0.25, 0.3) is 0 Å². The van der Waals surface area contributed by atoms with Crippen molar-refractivity contribution in [3.05, 3.63) is 70.6 Å². The van der Waals surface area contributed by atoms with Gasteiger partial charge in [0.05, 0.1) is 24.8 Å². The summed E-state index contributed by atoms with van der Waals surface area (Å²) < 4.78 is 83.1. The lowest BCUT2D eigenvalue weighted by molar-refractivity contribution is -0.136. The zero-order valence-electron chi connectivity index (χ0n) is 14.9. The molecule has 0 unspecified atom stereocenters. The van der Waals surface area contributed by atoms with Crippen LogP contribution in [0.25, 0.3) is 4.85 Å². The van der Waals surface area contributed by atoms with Crippen molar-refractivity contribution in [3.8, 4) is 0 Å². The maximum absolute atomic E-state index is 13.2. The number of rotatable bonds is 5. The summed E-state index contributed by atoms with van der Waals surface area (Å²) in [4.78, 5) is 14.9. The first-order valence-corrected chi connectivity index (χ1v) is 8.02. The van der Waals surface area contributed by atoms with Crippen LogP contribution < -0.4 is 4.90 Å². The highest BCUT2D eigenvalue weighted by molar-refractivity contribution is 5.89. The molecule has 0 fully saturated rings. The second kappa shape index (κ2) is 8.43. The SMILES string of the molecule is [C-]#[N+]c1ccc(N(Cc2ccc(C(=O)OC)cc2)CC(F)(F)F)cc1C(F)(F)F. The number of carbonyl (C=O) groups excluding carboxylic acids is 1. The quantitative estimate of drug-likeness (QED) is 0.361. The maximum Gasteiger partial charge on any atom is 0.407 e. The minimum absolute atomic E-state index is 0.180. The zero-order valence-corrected chi connectivity index (χ0v) is 14.9. The average molecular weight is 416 g/mol. The van der Waals surface area contributed by atoms with Crippen molar-refractivity contribution in [1.82, 2.24) is 0 Å². The Kier molecular flexibility index (Phi) is 6.41. The number of hydrogen-bond acceptors (Lipinski definition) is 3. The highest BCUT2D eigenvalue weighted by Crippen LogP contribution is 2.39. The molecular formula is C19H14F6N2O2. The second-order valence-corrected chi connectivity index (χ2v) is 5.97. The van der Waals surface area contributed by atoms with Gasteiger partial charge in [0.1, 0.15) is 6.54 Å². The summed E-state index contributed by atoms with van der Waals surface area (Å²) in [6.07, 6.45) is -9.56. The average Bonchev–Trinajstić information content (AvgIpc) is 2.65.